The Labute approximate surface area is 95.8 Å². The Balaban J connectivity index is 3.24. The monoisotopic (exact) mass is 226 g/mol. The molecule has 1 unspecified atom stereocenters. The molecule has 15 heavy (non-hydrogen) atoms. The Morgan fingerprint density at radius 2 is 2.07 bits per heavy atom. The average Bonchev–Trinajstić information content (AvgIpc) is 2.60. The largest absolute Gasteiger partial charge is 0.388 e. The summed E-state index contributed by atoms with van der Waals surface area (Å²) < 4.78 is 1.93. The molecule has 1 heterocycles. The van der Waals surface area contributed by atoms with Gasteiger partial charge >= 0.3 is 0 Å². The third kappa shape index (κ3) is 2.34. The molecular weight excluding hydrogens is 208 g/mol. The van der Waals surface area contributed by atoms with Gasteiger partial charge < -0.3 is 5.73 Å². The number of rotatable bonds is 4. The molecule has 5 heteroatoms. The number of nitrogens with two attached hydrogens (primary N) is 1. The van der Waals surface area contributed by atoms with Gasteiger partial charge in [0.15, 0.2) is 0 Å². The number of hydrogen-bond donors (Lipinski definition) is 1. The summed E-state index contributed by atoms with van der Waals surface area (Å²) in [5, 5.41) is 8.18. The van der Waals surface area contributed by atoms with Crippen LogP contribution in [0.2, 0.25) is 0 Å². The third-order valence-electron chi connectivity index (χ3n) is 2.52. The van der Waals surface area contributed by atoms with Crippen molar-refractivity contribution < 1.29 is 0 Å². The van der Waals surface area contributed by atoms with Gasteiger partial charge in [0.1, 0.15) is 10.7 Å². The molecule has 2 N–H and O–H groups in total. The van der Waals surface area contributed by atoms with Crippen molar-refractivity contribution in [1.82, 2.24) is 15.0 Å². The van der Waals surface area contributed by atoms with E-state index < -0.39 is 0 Å². The summed E-state index contributed by atoms with van der Waals surface area (Å²) in [4.78, 5) is 0.327. The molecule has 1 aromatic heterocycles. The predicted molar refractivity (Wildman–Crippen MR) is 65.0 cm³/mol. The Morgan fingerprint density at radius 1 is 1.47 bits per heavy atom. The Kier molecular flexibility index (Phi) is 3.79. The van der Waals surface area contributed by atoms with Crippen molar-refractivity contribution in [3.63, 3.8) is 0 Å². The molecule has 1 rings (SSSR count). The van der Waals surface area contributed by atoms with Gasteiger partial charge in [0.05, 0.1) is 11.7 Å². The highest BCUT2D eigenvalue weighted by molar-refractivity contribution is 7.80. The standard InChI is InChI=1S/C10H18N4S/c1-5-7(4)14-9(6(2)3)8(10(11)15)12-13-14/h6-7H,5H2,1-4H3,(H2,11,15). The van der Waals surface area contributed by atoms with Crippen LogP contribution in [0.5, 0.6) is 0 Å². The first kappa shape index (κ1) is 12.1. The summed E-state index contributed by atoms with van der Waals surface area (Å²) in [5.41, 5.74) is 7.33. The van der Waals surface area contributed by atoms with E-state index in [9.17, 15) is 0 Å². The molecule has 0 aliphatic heterocycles. The zero-order chi connectivity index (χ0) is 11.6. The van der Waals surface area contributed by atoms with E-state index in [1.54, 1.807) is 0 Å². The van der Waals surface area contributed by atoms with Crippen LogP contribution in [0.3, 0.4) is 0 Å². The first-order valence-electron chi connectivity index (χ1n) is 5.23. The molecule has 4 nitrogen and oxygen atoms in total. The van der Waals surface area contributed by atoms with E-state index in [1.165, 1.54) is 0 Å². The van der Waals surface area contributed by atoms with Crippen molar-refractivity contribution in [2.45, 2.75) is 46.1 Å². The number of thiocarbonyl (C=S) groups is 1. The zero-order valence-corrected chi connectivity index (χ0v) is 10.5. The van der Waals surface area contributed by atoms with Crippen molar-refractivity contribution in [1.29, 1.82) is 0 Å². The maximum atomic E-state index is 5.62. The zero-order valence-electron chi connectivity index (χ0n) is 9.69. The molecule has 0 saturated carbocycles. The molecule has 0 aromatic carbocycles. The van der Waals surface area contributed by atoms with Gasteiger partial charge in [0, 0.05) is 0 Å². The predicted octanol–water partition coefficient (Wildman–Crippen LogP) is 2.01. The van der Waals surface area contributed by atoms with Crippen molar-refractivity contribution in [2.75, 3.05) is 0 Å². The smallest absolute Gasteiger partial charge is 0.143 e. The molecule has 0 spiro atoms. The van der Waals surface area contributed by atoms with Gasteiger partial charge in [0.2, 0.25) is 0 Å². The van der Waals surface area contributed by atoms with Gasteiger partial charge in [-0.25, -0.2) is 4.68 Å². The average molecular weight is 226 g/mol. The molecule has 0 radical (unpaired) electrons. The normalized spacial score (nSPS) is 13.1. The van der Waals surface area contributed by atoms with Crippen LogP contribution >= 0.6 is 12.2 Å². The highest BCUT2D eigenvalue weighted by atomic mass is 32.1. The second-order valence-corrected chi connectivity index (χ2v) is 4.48. The topological polar surface area (TPSA) is 56.7 Å². The quantitative estimate of drug-likeness (QED) is 0.798. The van der Waals surface area contributed by atoms with Gasteiger partial charge in [-0.15, -0.1) is 5.10 Å². The molecule has 0 fully saturated rings. The SMILES string of the molecule is CCC(C)n1nnc(C(N)=S)c1C(C)C. The van der Waals surface area contributed by atoms with E-state index in [1.807, 2.05) is 4.68 Å². The van der Waals surface area contributed by atoms with Crippen molar-refractivity contribution >= 4 is 17.2 Å². The van der Waals surface area contributed by atoms with Crippen molar-refractivity contribution in [2.24, 2.45) is 5.73 Å². The Bertz CT molecular complexity index is 356. The van der Waals surface area contributed by atoms with Crippen molar-refractivity contribution in [3.8, 4) is 0 Å². The molecule has 0 amide bonds. The summed E-state index contributed by atoms with van der Waals surface area (Å²) in [7, 11) is 0. The summed E-state index contributed by atoms with van der Waals surface area (Å²) in [6, 6.07) is 0.331. The number of nitrogens with zero attached hydrogens (tertiary/aromatic N) is 3. The fourth-order valence-electron chi connectivity index (χ4n) is 1.51. The maximum Gasteiger partial charge on any atom is 0.143 e. The van der Waals surface area contributed by atoms with E-state index in [2.05, 4.69) is 38.0 Å². The lowest BCUT2D eigenvalue weighted by atomic mass is 10.1. The fraction of sp³-hybridized carbons (Fsp3) is 0.700. The van der Waals surface area contributed by atoms with Gasteiger partial charge in [0.25, 0.3) is 0 Å². The van der Waals surface area contributed by atoms with Gasteiger partial charge in [-0.2, -0.15) is 0 Å². The second kappa shape index (κ2) is 4.70. The molecule has 0 bridgehead atoms. The van der Waals surface area contributed by atoms with Crippen LogP contribution in [0.15, 0.2) is 0 Å². The lowest BCUT2D eigenvalue weighted by Gasteiger charge is -2.15. The van der Waals surface area contributed by atoms with Crippen LogP contribution in [0.4, 0.5) is 0 Å². The van der Waals surface area contributed by atoms with E-state index in [-0.39, 0.29) is 0 Å². The van der Waals surface area contributed by atoms with E-state index in [0.29, 0.717) is 22.6 Å². The summed E-state index contributed by atoms with van der Waals surface area (Å²) >= 11 is 4.97. The van der Waals surface area contributed by atoms with Crippen LogP contribution in [0.1, 0.15) is 57.5 Å². The summed E-state index contributed by atoms with van der Waals surface area (Å²) in [5.74, 6) is 0.325. The van der Waals surface area contributed by atoms with E-state index in [0.717, 1.165) is 12.1 Å². The Morgan fingerprint density at radius 3 is 2.47 bits per heavy atom. The van der Waals surface area contributed by atoms with Crippen LogP contribution in [0.25, 0.3) is 0 Å². The first-order chi connectivity index (χ1) is 6.99. The van der Waals surface area contributed by atoms with E-state index in [4.69, 9.17) is 18.0 Å². The highest BCUT2D eigenvalue weighted by Gasteiger charge is 2.20. The summed E-state index contributed by atoms with van der Waals surface area (Å²) in [6.07, 6.45) is 1.01. The third-order valence-corrected chi connectivity index (χ3v) is 2.71. The van der Waals surface area contributed by atoms with E-state index >= 15 is 0 Å². The summed E-state index contributed by atoms with van der Waals surface area (Å²) in [6.45, 7) is 8.43. The van der Waals surface area contributed by atoms with Crippen molar-refractivity contribution in [3.05, 3.63) is 11.4 Å². The van der Waals surface area contributed by atoms with Crippen LogP contribution in [-0.2, 0) is 0 Å². The molecule has 0 aliphatic carbocycles. The molecule has 0 saturated heterocycles. The number of aromatic nitrogens is 3. The lowest BCUT2D eigenvalue weighted by molar-refractivity contribution is 0.441. The minimum atomic E-state index is 0.325. The molecule has 84 valence electrons. The fourth-order valence-corrected chi connectivity index (χ4v) is 1.66. The minimum Gasteiger partial charge on any atom is -0.388 e. The molecule has 1 atom stereocenters. The lowest BCUT2D eigenvalue weighted by Crippen LogP contribution is -2.16. The number of hydrogen-bond acceptors (Lipinski definition) is 3. The first-order valence-corrected chi connectivity index (χ1v) is 5.64. The molecule has 1 aromatic rings. The van der Waals surface area contributed by atoms with Crippen LogP contribution in [0, 0.1) is 0 Å². The molecule has 0 aliphatic rings. The molecular formula is C10H18N4S. The van der Waals surface area contributed by atoms with Gasteiger partial charge in [-0.3, -0.25) is 0 Å². The van der Waals surface area contributed by atoms with Crippen LogP contribution in [-0.4, -0.2) is 20.0 Å². The second-order valence-electron chi connectivity index (χ2n) is 4.04. The van der Waals surface area contributed by atoms with Gasteiger partial charge in [-0.05, 0) is 19.3 Å². The van der Waals surface area contributed by atoms with Crippen LogP contribution < -0.4 is 5.73 Å². The highest BCUT2D eigenvalue weighted by Crippen LogP contribution is 2.22. The maximum absolute atomic E-state index is 5.62. The minimum absolute atomic E-state index is 0.325. The Hall–Kier alpha value is -0.970. The van der Waals surface area contributed by atoms with Gasteiger partial charge in [-0.1, -0.05) is 38.2 Å².